The summed E-state index contributed by atoms with van der Waals surface area (Å²) < 4.78 is 16.6. The van der Waals surface area contributed by atoms with E-state index in [1.165, 1.54) is 12.7 Å². The van der Waals surface area contributed by atoms with Crippen molar-refractivity contribution in [3.05, 3.63) is 83.9 Å². The number of benzene rings is 3. The molecule has 0 amide bonds. The van der Waals surface area contributed by atoms with Gasteiger partial charge in [0.05, 0.1) is 18.1 Å². The van der Waals surface area contributed by atoms with Gasteiger partial charge in [-0.15, -0.1) is 5.10 Å². The number of ether oxygens (including phenoxy) is 2. The normalized spacial score (nSPS) is 17.0. The number of carbonyl (C=O) groups is 1. The number of nitrogens with one attached hydrogen (secondary N) is 2. The molecule has 9 heteroatoms. The number of nitrogens with zero attached hydrogens (tertiary/aromatic N) is 3. The summed E-state index contributed by atoms with van der Waals surface area (Å²) in [6.45, 7) is 0.486. The number of carbonyl (C=O) groups excluding carboxylic acids is 1. The number of methoxy groups -OCH3 is 1. The lowest BCUT2D eigenvalue weighted by Gasteiger charge is -2.28. The number of H-pyrrole nitrogens is 1. The lowest BCUT2D eigenvalue weighted by atomic mass is 9.77. The lowest BCUT2D eigenvalue weighted by molar-refractivity contribution is -0.142. The number of imidazole rings is 1. The van der Waals surface area contributed by atoms with Crippen molar-refractivity contribution in [1.29, 1.82) is 0 Å². The van der Waals surface area contributed by atoms with Gasteiger partial charge in [0.15, 0.2) is 5.82 Å². The van der Waals surface area contributed by atoms with E-state index in [1.54, 1.807) is 0 Å². The highest BCUT2D eigenvalue weighted by molar-refractivity contribution is 5.79. The summed E-state index contributed by atoms with van der Waals surface area (Å²) in [5.74, 6) is 2.33. The standard InChI is InChI=1S/C31H31N5O4/c1-38-28(37)16-20-10-12-22(13-11-20)23-14-15-26-27(17-23)34-29(33-26)30-35-36-31(40-30)32-24-8-5-9-25(18-24)39-19-21-6-3-2-4-7-21/h2-9,14-15,17-18,20,22H,10-13,16,19H2,1H3,(H,32,36)(H,33,34). The monoisotopic (exact) mass is 537 g/mol. The zero-order valence-corrected chi connectivity index (χ0v) is 22.3. The van der Waals surface area contributed by atoms with E-state index in [2.05, 4.69) is 37.6 Å². The molecule has 2 heterocycles. The van der Waals surface area contributed by atoms with Crippen LogP contribution in [0.1, 0.15) is 49.1 Å². The van der Waals surface area contributed by atoms with Crippen LogP contribution in [0.25, 0.3) is 22.7 Å². The molecule has 1 fully saturated rings. The molecule has 5 aromatic rings. The van der Waals surface area contributed by atoms with Crippen LogP contribution in [0.15, 0.2) is 77.2 Å². The maximum Gasteiger partial charge on any atom is 0.320 e. The first-order chi connectivity index (χ1) is 19.6. The van der Waals surface area contributed by atoms with E-state index in [1.807, 2.05) is 60.7 Å². The fourth-order valence-corrected chi connectivity index (χ4v) is 5.30. The molecule has 3 aromatic carbocycles. The molecule has 0 unspecified atom stereocenters. The fourth-order valence-electron chi connectivity index (χ4n) is 5.30. The third kappa shape index (κ3) is 5.98. The minimum Gasteiger partial charge on any atom is -0.489 e. The van der Waals surface area contributed by atoms with Crippen LogP contribution in [-0.4, -0.2) is 33.2 Å². The number of anilines is 2. The van der Waals surface area contributed by atoms with Crippen LogP contribution in [0.2, 0.25) is 0 Å². The number of rotatable bonds is 9. The Morgan fingerprint density at radius 2 is 1.85 bits per heavy atom. The quantitative estimate of drug-likeness (QED) is 0.198. The maximum absolute atomic E-state index is 11.6. The number of hydrogen-bond donors (Lipinski definition) is 2. The maximum atomic E-state index is 11.6. The molecule has 0 aliphatic heterocycles. The van der Waals surface area contributed by atoms with Gasteiger partial charge in [-0.25, -0.2) is 4.98 Å². The van der Waals surface area contributed by atoms with E-state index in [0.29, 0.717) is 36.6 Å². The van der Waals surface area contributed by atoms with Crippen molar-refractivity contribution in [3.63, 3.8) is 0 Å². The van der Waals surface area contributed by atoms with Crippen molar-refractivity contribution in [2.24, 2.45) is 5.92 Å². The molecule has 2 N–H and O–H groups in total. The molecule has 0 atom stereocenters. The lowest BCUT2D eigenvalue weighted by Crippen LogP contribution is -2.17. The van der Waals surface area contributed by atoms with Crippen molar-refractivity contribution < 1.29 is 18.7 Å². The van der Waals surface area contributed by atoms with Crippen molar-refractivity contribution in [1.82, 2.24) is 20.2 Å². The summed E-state index contributed by atoms with van der Waals surface area (Å²) >= 11 is 0. The minimum atomic E-state index is -0.115. The van der Waals surface area contributed by atoms with Gasteiger partial charge in [-0.05, 0) is 72.9 Å². The Balaban J connectivity index is 1.09. The Morgan fingerprint density at radius 1 is 1.00 bits per heavy atom. The topological polar surface area (TPSA) is 115 Å². The summed E-state index contributed by atoms with van der Waals surface area (Å²) in [5.41, 5.74) is 4.93. The van der Waals surface area contributed by atoms with Crippen LogP contribution in [0, 0.1) is 5.92 Å². The van der Waals surface area contributed by atoms with E-state index in [-0.39, 0.29) is 12.0 Å². The predicted molar refractivity (Wildman–Crippen MR) is 151 cm³/mol. The highest BCUT2D eigenvalue weighted by atomic mass is 16.5. The number of aromatic nitrogens is 4. The zero-order valence-electron chi connectivity index (χ0n) is 22.3. The van der Waals surface area contributed by atoms with Crippen molar-refractivity contribution in [3.8, 4) is 17.5 Å². The number of esters is 1. The predicted octanol–water partition coefficient (Wildman–Crippen LogP) is 6.77. The average molecular weight is 538 g/mol. The Morgan fingerprint density at radius 3 is 2.67 bits per heavy atom. The molecule has 1 saturated carbocycles. The molecule has 204 valence electrons. The van der Waals surface area contributed by atoms with Gasteiger partial charge in [0.1, 0.15) is 12.4 Å². The van der Waals surface area contributed by atoms with E-state index in [9.17, 15) is 4.79 Å². The Bertz CT molecular complexity index is 1590. The second-order valence-corrected chi connectivity index (χ2v) is 10.2. The number of hydrogen-bond acceptors (Lipinski definition) is 8. The molecule has 2 aromatic heterocycles. The van der Waals surface area contributed by atoms with Crippen LogP contribution in [0.4, 0.5) is 11.7 Å². The van der Waals surface area contributed by atoms with E-state index < -0.39 is 0 Å². The number of aromatic amines is 1. The molecule has 0 spiro atoms. The highest BCUT2D eigenvalue weighted by Crippen LogP contribution is 2.38. The van der Waals surface area contributed by atoms with Crippen molar-refractivity contribution in [2.75, 3.05) is 12.4 Å². The van der Waals surface area contributed by atoms with Crippen molar-refractivity contribution >= 4 is 28.7 Å². The summed E-state index contributed by atoms with van der Waals surface area (Å²) in [7, 11) is 1.45. The first-order valence-corrected chi connectivity index (χ1v) is 13.6. The SMILES string of the molecule is COC(=O)CC1CCC(c2ccc3nc(-c4nnc(Nc5cccc(OCc6ccccc6)c5)o4)[nH]c3c2)CC1. The van der Waals surface area contributed by atoms with Crippen molar-refractivity contribution in [2.45, 2.75) is 44.6 Å². The van der Waals surface area contributed by atoms with Crippen LogP contribution in [-0.2, 0) is 16.1 Å². The van der Waals surface area contributed by atoms with E-state index >= 15 is 0 Å². The van der Waals surface area contributed by atoms with E-state index in [0.717, 1.165) is 53.7 Å². The van der Waals surface area contributed by atoms with E-state index in [4.69, 9.17) is 13.9 Å². The molecular weight excluding hydrogens is 506 g/mol. The highest BCUT2D eigenvalue weighted by Gasteiger charge is 2.25. The first kappa shape index (κ1) is 25.6. The van der Waals surface area contributed by atoms with Crippen LogP contribution in [0.5, 0.6) is 5.75 Å². The van der Waals surface area contributed by atoms with Crippen LogP contribution >= 0.6 is 0 Å². The van der Waals surface area contributed by atoms with Gasteiger partial charge in [-0.2, -0.15) is 0 Å². The molecule has 0 saturated heterocycles. The molecule has 0 radical (unpaired) electrons. The Hall–Kier alpha value is -4.66. The third-order valence-electron chi connectivity index (χ3n) is 7.47. The molecule has 6 rings (SSSR count). The van der Waals surface area contributed by atoms with Crippen LogP contribution < -0.4 is 10.1 Å². The molecule has 9 nitrogen and oxygen atoms in total. The molecule has 1 aliphatic rings. The van der Waals surface area contributed by atoms with Gasteiger partial charge >= 0.3 is 12.0 Å². The second-order valence-electron chi connectivity index (χ2n) is 10.2. The smallest absolute Gasteiger partial charge is 0.320 e. The van der Waals surface area contributed by atoms with Gasteiger partial charge in [-0.3, -0.25) is 4.79 Å². The first-order valence-electron chi connectivity index (χ1n) is 13.6. The van der Waals surface area contributed by atoms with Gasteiger partial charge < -0.3 is 24.2 Å². The summed E-state index contributed by atoms with van der Waals surface area (Å²) in [5, 5.41) is 11.5. The van der Waals surface area contributed by atoms with Gasteiger partial charge in [0, 0.05) is 18.2 Å². The zero-order chi connectivity index (χ0) is 27.3. The van der Waals surface area contributed by atoms with Gasteiger partial charge in [0.2, 0.25) is 0 Å². The van der Waals surface area contributed by atoms with Crippen LogP contribution in [0.3, 0.4) is 0 Å². The minimum absolute atomic E-state index is 0.115. The molecular formula is C31H31N5O4. The van der Waals surface area contributed by atoms with Gasteiger partial charge in [-0.1, -0.05) is 47.6 Å². The Labute approximate surface area is 231 Å². The third-order valence-corrected chi connectivity index (χ3v) is 7.47. The largest absolute Gasteiger partial charge is 0.489 e. The average Bonchev–Trinajstić information content (AvgIpc) is 3.64. The summed E-state index contributed by atoms with van der Waals surface area (Å²) in [4.78, 5) is 19.6. The number of fused-ring (bicyclic) bond motifs is 1. The fraction of sp³-hybridized carbons (Fsp3) is 0.290. The van der Waals surface area contributed by atoms with Gasteiger partial charge in [0.25, 0.3) is 5.89 Å². The summed E-state index contributed by atoms with van der Waals surface area (Å²) in [6.07, 6.45) is 4.70. The Kier molecular flexibility index (Phi) is 7.43. The molecule has 0 bridgehead atoms. The molecule has 40 heavy (non-hydrogen) atoms. The summed E-state index contributed by atoms with van der Waals surface area (Å²) in [6, 6.07) is 24.2. The second kappa shape index (κ2) is 11.6. The molecule has 1 aliphatic carbocycles.